The summed E-state index contributed by atoms with van der Waals surface area (Å²) < 4.78 is 3.55. The Morgan fingerprint density at radius 2 is 1.47 bits per heavy atom. The smallest absolute Gasteiger partial charge is 0.263 e. The molecule has 0 unspecified atom stereocenters. The van der Waals surface area contributed by atoms with E-state index in [0.717, 1.165) is 17.5 Å². The van der Waals surface area contributed by atoms with Gasteiger partial charge < -0.3 is 5.32 Å². The number of aryl methyl sites for hydroxylation is 1. The molecule has 2 aromatic heterocycles. The number of nitrogens with zero attached hydrogens (tertiary/aromatic N) is 4. The van der Waals surface area contributed by atoms with Gasteiger partial charge in [-0.25, -0.2) is 0 Å². The van der Waals surface area contributed by atoms with Gasteiger partial charge in [-0.1, -0.05) is 72.8 Å². The van der Waals surface area contributed by atoms with Crippen molar-refractivity contribution < 1.29 is 4.79 Å². The van der Waals surface area contributed by atoms with E-state index in [4.69, 9.17) is 0 Å². The van der Waals surface area contributed by atoms with Gasteiger partial charge in [0.1, 0.15) is 5.82 Å². The third-order valence-electron chi connectivity index (χ3n) is 5.91. The van der Waals surface area contributed by atoms with Gasteiger partial charge >= 0.3 is 0 Å². The van der Waals surface area contributed by atoms with Crippen LogP contribution in [0, 0.1) is 0 Å². The highest BCUT2D eigenvalue weighted by atomic mass is 16.1. The van der Waals surface area contributed by atoms with Crippen LogP contribution in [0.3, 0.4) is 0 Å². The standard InChI is InChI=1S/C27H25N5O2/c33-25(28-18-17-20-9-3-1-4-10-20)16-15-24-29-30-27-31(19-21-11-5-2-6-12-21)26(34)22-13-7-8-14-23(22)32(24)27/h1-14H,15-19H2,(H,28,33). The first-order valence-electron chi connectivity index (χ1n) is 11.4. The first kappa shape index (κ1) is 21.6. The molecular formula is C27H25N5O2. The zero-order chi connectivity index (χ0) is 23.3. The summed E-state index contributed by atoms with van der Waals surface area (Å²) in [6.07, 6.45) is 1.50. The number of amides is 1. The van der Waals surface area contributed by atoms with Crippen molar-refractivity contribution in [3.8, 4) is 0 Å². The molecule has 1 N–H and O–H groups in total. The van der Waals surface area contributed by atoms with Gasteiger partial charge in [0.15, 0.2) is 0 Å². The minimum Gasteiger partial charge on any atom is -0.356 e. The summed E-state index contributed by atoms with van der Waals surface area (Å²) in [7, 11) is 0. The van der Waals surface area contributed by atoms with Crippen molar-refractivity contribution in [3.05, 3.63) is 112 Å². The molecule has 0 saturated heterocycles. The van der Waals surface area contributed by atoms with Crippen molar-refractivity contribution in [2.24, 2.45) is 0 Å². The third kappa shape index (κ3) is 4.45. The van der Waals surface area contributed by atoms with E-state index in [2.05, 4.69) is 27.6 Å². The summed E-state index contributed by atoms with van der Waals surface area (Å²) >= 11 is 0. The molecule has 5 aromatic rings. The minimum absolute atomic E-state index is 0.0328. The second-order valence-corrected chi connectivity index (χ2v) is 8.23. The zero-order valence-electron chi connectivity index (χ0n) is 18.7. The van der Waals surface area contributed by atoms with Gasteiger partial charge in [-0.2, -0.15) is 0 Å². The number of benzene rings is 3. The van der Waals surface area contributed by atoms with Gasteiger partial charge in [0.05, 0.1) is 17.4 Å². The Balaban J connectivity index is 1.39. The Morgan fingerprint density at radius 3 is 2.24 bits per heavy atom. The van der Waals surface area contributed by atoms with Crippen molar-refractivity contribution in [2.75, 3.05) is 6.54 Å². The maximum Gasteiger partial charge on any atom is 0.263 e. The van der Waals surface area contributed by atoms with E-state index in [-0.39, 0.29) is 11.5 Å². The maximum absolute atomic E-state index is 13.3. The zero-order valence-corrected chi connectivity index (χ0v) is 18.7. The number of rotatable bonds is 8. The van der Waals surface area contributed by atoms with Gasteiger partial charge in [0, 0.05) is 19.4 Å². The van der Waals surface area contributed by atoms with Crippen molar-refractivity contribution >= 4 is 22.6 Å². The number of fused-ring (bicyclic) bond motifs is 3. The Kier molecular flexibility index (Phi) is 6.16. The summed E-state index contributed by atoms with van der Waals surface area (Å²) in [5.41, 5.74) is 2.83. The molecule has 5 rings (SSSR count). The Labute approximate surface area is 196 Å². The number of hydrogen-bond acceptors (Lipinski definition) is 4. The fourth-order valence-electron chi connectivity index (χ4n) is 4.19. The maximum atomic E-state index is 13.3. The number of carbonyl (C=O) groups excluding carboxylic acids is 1. The van der Waals surface area contributed by atoms with E-state index in [0.29, 0.717) is 42.9 Å². The van der Waals surface area contributed by atoms with E-state index < -0.39 is 0 Å². The Bertz CT molecular complexity index is 1490. The molecule has 170 valence electrons. The number of hydrogen-bond donors (Lipinski definition) is 1. The van der Waals surface area contributed by atoms with Gasteiger partial charge in [0.2, 0.25) is 11.7 Å². The fourth-order valence-corrected chi connectivity index (χ4v) is 4.19. The second-order valence-electron chi connectivity index (χ2n) is 8.23. The van der Waals surface area contributed by atoms with E-state index in [1.165, 1.54) is 5.56 Å². The molecule has 7 heteroatoms. The first-order chi connectivity index (χ1) is 16.7. The highest BCUT2D eigenvalue weighted by Gasteiger charge is 2.17. The predicted octanol–water partition coefficient (Wildman–Crippen LogP) is 3.38. The third-order valence-corrected chi connectivity index (χ3v) is 5.91. The van der Waals surface area contributed by atoms with Crippen molar-refractivity contribution in [2.45, 2.75) is 25.8 Å². The van der Waals surface area contributed by atoms with Crippen molar-refractivity contribution in [3.63, 3.8) is 0 Å². The summed E-state index contributed by atoms with van der Waals surface area (Å²) in [5, 5.41) is 12.3. The van der Waals surface area contributed by atoms with Gasteiger partial charge in [-0.3, -0.25) is 18.6 Å². The second kappa shape index (κ2) is 9.70. The lowest BCUT2D eigenvalue weighted by Crippen LogP contribution is -2.26. The topological polar surface area (TPSA) is 81.3 Å². The monoisotopic (exact) mass is 451 g/mol. The fraction of sp³-hybridized carbons (Fsp3) is 0.185. The quantitative estimate of drug-likeness (QED) is 0.392. The highest BCUT2D eigenvalue weighted by Crippen LogP contribution is 2.16. The highest BCUT2D eigenvalue weighted by molar-refractivity contribution is 5.80. The average Bonchev–Trinajstić information content (AvgIpc) is 3.31. The SMILES string of the molecule is O=C(CCc1nnc2n(Cc3ccccc3)c(=O)c3ccccc3n12)NCCc1ccccc1. The molecule has 7 nitrogen and oxygen atoms in total. The van der Waals surface area contributed by atoms with Crippen LogP contribution in [0.2, 0.25) is 0 Å². The summed E-state index contributed by atoms with van der Waals surface area (Å²) in [5.74, 6) is 1.10. The van der Waals surface area contributed by atoms with Crippen LogP contribution in [-0.4, -0.2) is 31.6 Å². The molecule has 0 atom stereocenters. The molecule has 2 heterocycles. The summed E-state index contributed by atoms with van der Waals surface area (Å²) in [4.78, 5) is 25.7. The molecule has 0 spiro atoms. The molecule has 0 aliphatic rings. The van der Waals surface area contributed by atoms with E-state index in [1.807, 2.05) is 77.2 Å². The average molecular weight is 452 g/mol. The lowest BCUT2D eigenvalue weighted by Gasteiger charge is -2.11. The van der Waals surface area contributed by atoms with Crippen molar-refractivity contribution in [1.29, 1.82) is 0 Å². The molecule has 0 radical (unpaired) electrons. The largest absolute Gasteiger partial charge is 0.356 e. The normalized spacial score (nSPS) is 11.2. The van der Waals surface area contributed by atoms with Crippen LogP contribution >= 0.6 is 0 Å². The van der Waals surface area contributed by atoms with Crippen LogP contribution in [0.5, 0.6) is 0 Å². The summed E-state index contributed by atoms with van der Waals surface area (Å²) in [6.45, 7) is 0.981. The van der Waals surface area contributed by atoms with Crippen LogP contribution in [0.25, 0.3) is 16.7 Å². The molecule has 0 bridgehead atoms. The summed E-state index contributed by atoms with van der Waals surface area (Å²) in [6, 6.07) is 27.3. The number of nitrogens with one attached hydrogen (secondary N) is 1. The van der Waals surface area contributed by atoms with E-state index in [9.17, 15) is 9.59 Å². The predicted molar refractivity (Wildman–Crippen MR) is 132 cm³/mol. The van der Waals surface area contributed by atoms with E-state index >= 15 is 0 Å². The molecular weight excluding hydrogens is 426 g/mol. The minimum atomic E-state index is -0.107. The van der Waals surface area contributed by atoms with Gasteiger partial charge in [-0.05, 0) is 29.7 Å². The van der Waals surface area contributed by atoms with Crippen LogP contribution < -0.4 is 10.9 Å². The number of carbonyl (C=O) groups is 1. The molecule has 34 heavy (non-hydrogen) atoms. The molecule has 0 saturated carbocycles. The van der Waals surface area contributed by atoms with Crippen LogP contribution in [0.15, 0.2) is 89.7 Å². The van der Waals surface area contributed by atoms with Gasteiger partial charge in [-0.15, -0.1) is 10.2 Å². The molecule has 0 aliphatic carbocycles. The van der Waals surface area contributed by atoms with E-state index in [1.54, 1.807) is 4.57 Å². The number of aromatic nitrogens is 4. The molecule has 0 aliphatic heterocycles. The lowest BCUT2D eigenvalue weighted by molar-refractivity contribution is -0.121. The lowest BCUT2D eigenvalue weighted by atomic mass is 10.1. The van der Waals surface area contributed by atoms with Crippen molar-refractivity contribution in [1.82, 2.24) is 24.5 Å². The Morgan fingerprint density at radius 1 is 0.794 bits per heavy atom. The number of para-hydroxylation sites is 1. The van der Waals surface area contributed by atoms with Crippen LogP contribution in [0.1, 0.15) is 23.4 Å². The van der Waals surface area contributed by atoms with Gasteiger partial charge in [0.25, 0.3) is 5.56 Å². The molecule has 0 fully saturated rings. The van der Waals surface area contributed by atoms with Crippen LogP contribution in [0.4, 0.5) is 0 Å². The molecule has 1 amide bonds. The first-order valence-corrected chi connectivity index (χ1v) is 11.4. The Hall–Kier alpha value is -4.26. The van der Waals surface area contributed by atoms with Crippen LogP contribution in [-0.2, 0) is 24.2 Å². The molecule has 3 aromatic carbocycles.